The number of nitrogens with one attached hydrogen (secondary N) is 3. The van der Waals surface area contributed by atoms with E-state index in [2.05, 4.69) is 75.7 Å². The number of hydrogen-bond donors (Lipinski definition) is 3. The Balaban J connectivity index is 1.53. The summed E-state index contributed by atoms with van der Waals surface area (Å²) in [6, 6.07) is 6.30. The third-order valence-corrected chi connectivity index (χ3v) is 5.25. The van der Waals surface area contributed by atoms with Gasteiger partial charge in [-0.1, -0.05) is 32.2 Å². The predicted octanol–water partition coefficient (Wildman–Crippen LogP) is 3.08. The number of aromatic amines is 2. The van der Waals surface area contributed by atoms with Crippen molar-refractivity contribution in [1.82, 2.24) is 25.3 Å². The van der Waals surface area contributed by atoms with Crippen molar-refractivity contribution in [2.45, 2.75) is 32.7 Å². The van der Waals surface area contributed by atoms with Gasteiger partial charge in [0.1, 0.15) is 5.82 Å². The second kappa shape index (κ2) is 8.45. The molecule has 0 saturated carbocycles. The minimum atomic E-state index is 0.754. The Labute approximate surface area is 171 Å². The van der Waals surface area contributed by atoms with Crippen LogP contribution < -0.4 is 15.8 Å². The van der Waals surface area contributed by atoms with E-state index in [1.807, 2.05) is 6.20 Å². The van der Waals surface area contributed by atoms with Gasteiger partial charge in [-0.25, -0.2) is 9.97 Å². The van der Waals surface area contributed by atoms with Gasteiger partial charge in [0.2, 0.25) is 0 Å². The summed E-state index contributed by atoms with van der Waals surface area (Å²) in [5.74, 6) is 0.949. The number of benzene rings is 1. The fraction of sp³-hybridized carbons (Fsp3) is 0.250. The highest BCUT2D eigenvalue weighted by Gasteiger charge is 2.13. The van der Waals surface area contributed by atoms with Crippen LogP contribution in [0.15, 0.2) is 48.4 Å². The number of hydrogen-bond acceptors (Lipinski definition) is 3. The molecule has 0 bridgehead atoms. The van der Waals surface area contributed by atoms with E-state index < -0.39 is 0 Å². The average Bonchev–Trinajstić information content (AvgIpc) is 3.38. The Morgan fingerprint density at radius 2 is 2.17 bits per heavy atom. The fourth-order valence-electron chi connectivity index (χ4n) is 3.58. The molecule has 29 heavy (non-hydrogen) atoms. The number of nitrogens with zero attached hydrogens (tertiary/aromatic N) is 2. The van der Waals surface area contributed by atoms with Crippen LogP contribution in [-0.2, 0) is 13.0 Å². The van der Waals surface area contributed by atoms with E-state index in [-0.39, 0.29) is 0 Å². The van der Waals surface area contributed by atoms with Crippen LogP contribution in [0, 0.1) is 0 Å². The summed E-state index contributed by atoms with van der Waals surface area (Å²) in [5.41, 5.74) is 6.56. The van der Waals surface area contributed by atoms with Gasteiger partial charge in [-0.3, -0.25) is 0 Å². The van der Waals surface area contributed by atoms with Gasteiger partial charge in [0.25, 0.3) is 0 Å². The van der Waals surface area contributed by atoms with Gasteiger partial charge in [-0.15, -0.1) is 0 Å². The number of rotatable bonds is 7. The molecule has 1 aliphatic rings. The van der Waals surface area contributed by atoms with Crippen molar-refractivity contribution < 1.29 is 0 Å². The molecule has 4 rings (SSSR count). The van der Waals surface area contributed by atoms with E-state index >= 15 is 0 Å². The molecule has 148 valence electrons. The number of aromatic nitrogens is 4. The topological polar surface area (TPSA) is 69.4 Å². The van der Waals surface area contributed by atoms with Gasteiger partial charge in [0.05, 0.1) is 30.5 Å². The summed E-state index contributed by atoms with van der Waals surface area (Å²) < 4.78 is 0. The van der Waals surface area contributed by atoms with Crippen molar-refractivity contribution in [3.05, 3.63) is 76.1 Å². The summed E-state index contributed by atoms with van der Waals surface area (Å²) in [4.78, 5) is 15.4. The predicted molar refractivity (Wildman–Crippen MR) is 119 cm³/mol. The highest BCUT2D eigenvalue weighted by molar-refractivity contribution is 5.68. The van der Waals surface area contributed by atoms with E-state index in [1.165, 1.54) is 11.3 Å². The lowest BCUT2D eigenvalue weighted by Gasteiger charge is -2.12. The maximum Gasteiger partial charge on any atom is 0.120 e. The van der Waals surface area contributed by atoms with Gasteiger partial charge in [0, 0.05) is 11.3 Å². The number of imidazole rings is 2. The van der Waals surface area contributed by atoms with Crippen LogP contribution >= 0.6 is 0 Å². The molecule has 0 radical (unpaired) electrons. The molecule has 3 N–H and O–H groups in total. The first-order valence-electron chi connectivity index (χ1n) is 10.1. The number of fused-ring (bicyclic) bond motifs is 1. The lowest BCUT2D eigenvalue weighted by Crippen LogP contribution is -2.23. The molecule has 0 unspecified atom stereocenters. The van der Waals surface area contributed by atoms with Crippen molar-refractivity contribution in [1.29, 1.82) is 0 Å². The van der Waals surface area contributed by atoms with Crippen LogP contribution in [0.3, 0.4) is 0 Å². The van der Waals surface area contributed by atoms with Gasteiger partial charge in [0.15, 0.2) is 0 Å². The van der Waals surface area contributed by atoms with Crippen molar-refractivity contribution in [2.24, 2.45) is 0 Å². The zero-order chi connectivity index (χ0) is 20.2. The highest BCUT2D eigenvalue weighted by atomic mass is 15.0. The highest BCUT2D eigenvalue weighted by Crippen LogP contribution is 2.25. The Kier molecular flexibility index (Phi) is 5.58. The maximum absolute atomic E-state index is 4.46. The number of aryl methyl sites for hydroxylation is 1. The molecule has 2 aromatic heterocycles. The lowest BCUT2D eigenvalue weighted by atomic mass is 9.94. The van der Waals surface area contributed by atoms with E-state index in [9.17, 15) is 0 Å². The molecule has 0 spiro atoms. The first kappa shape index (κ1) is 19.2. The van der Waals surface area contributed by atoms with Crippen molar-refractivity contribution in [3.63, 3.8) is 0 Å². The lowest BCUT2D eigenvalue weighted by molar-refractivity contribution is 0.655. The molecular formula is C24H27N5. The van der Waals surface area contributed by atoms with E-state index in [1.54, 1.807) is 6.33 Å². The Bertz CT molecular complexity index is 1160. The van der Waals surface area contributed by atoms with E-state index in [0.717, 1.165) is 71.1 Å². The average molecular weight is 386 g/mol. The van der Waals surface area contributed by atoms with Crippen LogP contribution in [0.4, 0.5) is 0 Å². The number of H-pyrrole nitrogens is 2. The molecule has 1 aliphatic carbocycles. The minimum Gasteiger partial charge on any atom is -0.348 e. The van der Waals surface area contributed by atoms with Crippen LogP contribution in [-0.4, -0.2) is 26.5 Å². The maximum atomic E-state index is 4.46. The molecule has 3 aromatic rings. The van der Waals surface area contributed by atoms with Gasteiger partial charge in [-0.05, 0) is 65.6 Å². The van der Waals surface area contributed by atoms with Crippen molar-refractivity contribution in [3.8, 4) is 11.3 Å². The van der Waals surface area contributed by atoms with Crippen molar-refractivity contribution >= 4 is 18.7 Å². The molecule has 0 atom stereocenters. The Morgan fingerprint density at radius 1 is 1.28 bits per heavy atom. The minimum absolute atomic E-state index is 0.754. The molecule has 0 aliphatic heterocycles. The zero-order valence-electron chi connectivity index (χ0n) is 16.9. The molecule has 5 nitrogen and oxygen atoms in total. The molecule has 0 saturated heterocycles. The van der Waals surface area contributed by atoms with Gasteiger partial charge in [-0.2, -0.15) is 0 Å². The monoisotopic (exact) mass is 385 g/mol. The van der Waals surface area contributed by atoms with Crippen LogP contribution in [0.2, 0.25) is 0 Å². The summed E-state index contributed by atoms with van der Waals surface area (Å²) in [6.45, 7) is 12.4. The Hall–Kier alpha value is -3.18. The fourth-order valence-corrected chi connectivity index (χ4v) is 3.58. The second-order valence-electron chi connectivity index (χ2n) is 7.44. The normalized spacial score (nSPS) is 14.0. The molecule has 0 amide bonds. The second-order valence-corrected chi connectivity index (χ2v) is 7.44. The molecular weight excluding hydrogens is 358 g/mol. The van der Waals surface area contributed by atoms with Crippen molar-refractivity contribution in [2.75, 3.05) is 6.54 Å². The van der Waals surface area contributed by atoms with Gasteiger partial charge < -0.3 is 15.3 Å². The molecule has 2 heterocycles. The first-order valence-corrected chi connectivity index (χ1v) is 10.1. The third-order valence-electron chi connectivity index (χ3n) is 5.25. The summed E-state index contributed by atoms with van der Waals surface area (Å²) in [6.07, 6.45) is 10.9. The molecule has 0 fully saturated rings. The third kappa shape index (κ3) is 4.30. The zero-order valence-corrected chi connectivity index (χ0v) is 16.9. The standard InChI is InChI=1S/C24H27N5/c1-4-9-25-14-24-26-13-23(29-24)20-6-5-18(17(3)11-20)10-16(2)19-7-8-21-22(12-19)28-15-27-21/h5-6,10-13,15,25H,2-4,7-9,14H2,1H3,(H,26,29)(H,27,28)/b18-10-. The quantitative estimate of drug-likeness (QED) is 0.548. The summed E-state index contributed by atoms with van der Waals surface area (Å²) >= 11 is 0. The van der Waals surface area contributed by atoms with E-state index in [0.29, 0.717) is 0 Å². The summed E-state index contributed by atoms with van der Waals surface area (Å²) in [7, 11) is 0. The van der Waals surface area contributed by atoms with Gasteiger partial charge >= 0.3 is 0 Å². The molecule has 5 heteroatoms. The van der Waals surface area contributed by atoms with Crippen LogP contribution in [0.5, 0.6) is 0 Å². The smallest absolute Gasteiger partial charge is 0.120 e. The number of allylic oxidation sites excluding steroid dienone is 2. The largest absolute Gasteiger partial charge is 0.348 e. The Morgan fingerprint density at radius 3 is 3.00 bits per heavy atom. The van der Waals surface area contributed by atoms with Crippen LogP contribution in [0.1, 0.15) is 37.0 Å². The molecule has 1 aromatic carbocycles. The van der Waals surface area contributed by atoms with E-state index in [4.69, 9.17) is 0 Å². The summed E-state index contributed by atoms with van der Waals surface area (Å²) in [5, 5.41) is 5.41. The SMILES string of the molecule is C=C(/C=c1/ccc(-c2cnc(CNCCC)[nH]2)cc1=C)C1=Cc2nc[nH]c2CC1. The van der Waals surface area contributed by atoms with Crippen LogP contribution in [0.25, 0.3) is 30.0 Å². The first-order chi connectivity index (χ1) is 14.1.